The Morgan fingerprint density at radius 2 is 1.90 bits per heavy atom. The van der Waals surface area contributed by atoms with E-state index in [1.807, 2.05) is 50.1 Å². The maximum atomic E-state index is 12.8. The van der Waals surface area contributed by atoms with Gasteiger partial charge in [-0.15, -0.1) is 0 Å². The largest absolute Gasteiger partial charge is 0.372 e. The molecule has 162 valence electrons. The number of benzene rings is 1. The summed E-state index contributed by atoms with van der Waals surface area (Å²) in [5, 5.41) is 1.09. The number of nitrogens with zero attached hydrogens (tertiary/aromatic N) is 4. The number of aromatic nitrogens is 2. The Bertz CT molecular complexity index is 855. The van der Waals surface area contributed by atoms with Gasteiger partial charge in [0.25, 0.3) is 5.91 Å². The number of anilines is 1. The van der Waals surface area contributed by atoms with E-state index in [-0.39, 0.29) is 18.1 Å². The fourth-order valence-corrected chi connectivity index (χ4v) is 4.55. The maximum Gasteiger partial charge on any atom is 0.254 e. The average molecular weight is 449 g/mol. The van der Waals surface area contributed by atoms with Crippen LogP contribution in [0.3, 0.4) is 0 Å². The predicted octanol–water partition coefficient (Wildman–Crippen LogP) is 4.52. The summed E-state index contributed by atoms with van der Waals surface area (Å²) in [4.78, 5) is 25.7. The van der Waals surface area contributed by atoms with Gasteiger partial charge in [0.1, 0.15) is 11.0 Å². The third kappa shape index (κ3) is 6.09. The number of hydrogen-bond donors (Lipinski definition) is 0. The molecule has 1 aliphatic rings. The molecular weight excluding hydrogens is 420 g/mol. The van der Waals surface area contributed by atoms with Crippen molar-refractivity contribution in [2.45, 2.75) is 50.3 Å². The van der Waals surface area contributed by atoms with Crippen LogP contribution in [0.15, 0.2) is 35.5 Å². The summed E-state index contributed by atoms with van der Waals surface area (Å²) < 4.78 is 5.72. The van der Waals surface area contributed by atoms with E-state index in [2.05, 4.69) is 21.8 Å². The molecule has 2 unspecified atom stereocenters. The highest BCUT2D eigenvalue weighted by atomic mass is 35.5. The van der Waals surface area contributed by atoms with E-state index in [1.165, 1.54) is 11.8 Å². The summed E-state index contributed by atoms with van der Waals surface area (Å²) in [5.41, 5.74) is 1.81. The number of thioether (sulfide) groups is 1. The third-order valence-corrected chi connectivity index (χ3v) is 6.00. The summed E-state index contributed by atoms with van der Waals surface area (Å²) in [6.45, 7) is 8.29. The van der Waals surface area contributed by atoms with Crippen molar-refractivity contribution >= 4 is 35.1 Å². The summed E-state index contributed by atoms with van der Waals surface area (Å²) in [6, 6.07) is 9.55. The van der Waals surface area contributed by atoms with Crippen LogP contribution in [-0.2, 0) is 10.5 Å². The molecule has 8 heteroatoms. The molecule has 0 radical (unpaired) electrons. The molecule has 3 rings (SSSR count). The zero-order valence-electron chi connectivity index (χ0n) is 18.0. The molecule has 0 aliphatic carbocycles. The van der Waals surface area contributed by atoms with Crippen molar-refractivity contribution in [3.63, 3.8) is 0 Å². The van der Waals surface area contributed by atoms with Crippen molar-refractivity contribution in [3.05, 3.63) is 46.6 Å². The normalized spacial score (nSPS) is 19.0. The Morgan fingerprint density at radius 1 is 1.23 bits per heavy atom. The van der Waals surface area contributed by atoms with E-state index in [1.54, 1.807) is 6.07 Å². The van der Waals surface area contributed by atoms with Gasteiger partial charge in [0.05, 0.1) is 12.2 Å². The lowest BCUT2D eigenvalue weighted by Crippen LogP contribution is -2.48. The van der Waals surface area contributed by atoms with E-state index < -0.39 is 0 Å². The van der Waals surface area contributed by atoms with E-state index >= 15 is 0 Å². The highest BCUT2D eigenvalue weighted by molar-refractivity contribution is 7.98. The van der Waals surface area contributed by atoms with Crippen LogP contribution in [-0.4, -0.2) is 59.7 Å². The van der Waals surface area contributed by atoms with Crippen molar-refractivity contribution in [3.8, 4) is 0 Å². The highest BCUT2D eigenvalue weighted by Crippen LogP contribution is 2.25. The number of amides is 1. The highest BCUT2D eigenvalue weighted by Gasteiger charge is 2.26. The van der Waals surface area contributed by atoms with Gasteiger partial charge in [0, 0.05) is 44.1 Å². The van der Waals surface area contributed by atoms with Crippen molar-refractivity contribution < 1.29 is 9.53 Å². The molecule has 6 nitrogen and oxygen atoms in total. The molecule has 0 spiro atoms. The third-order valence-electron chi connectivity index (χ3n) is 4.89. The number of morpholine rings is 1. The van der Waals surface area contributed by atoms with Crippen LogP contribution in [0.5, 0.6) is 0 Å². The Hall–Kier alpha value is -1.83. The minimum atomic E-state index is 0.0537. The quantitative estimate of drug-likeness (QED) is 0.352. The monoisotopic (exact) mass is 448 g/mol. The van der Waals surface area contributed by atoms with Crippen LogP contribution in [0.2, 0.25) is 5.15 Å². The van der Waals surface area contributed by atoms with Gasteiger partial charge >= 0.3 is 0 Å². The zero-order valence-corrected chi connectivity index (χ0v) is 19.5. The Kier molecular flexibility index (Phi) is 7.97. The number of hydrogen-bond acceptors (Lipinski definition) is 6. The molecule has 1 aromatic heterocycles. The van der Waals surface area contributed by atoms with Gasteiger partial charge in [-0.2, -0.15) is 0 Å². The summed E-state index contributed by atoms with van der Waals surface area (Å²) in [6.07, 6.45) is 1.16. The summed E-state index contributed by atoms with van der Waals surface area (Å²) in [7, 11) is 2.00. The number of carbonyl (C=O) groups excluding carboxylic acids is 1. The topological polar surface area (TPSA) is 58.6 Å². The lowest BCUT2D eigenvalue weighted by atomic mass is 10.1. The second kappa shape index (κ2) is 10.5. The van der Waals surface area contributed by atoms with Gasteiger partial charge in [0.15, 0.2) is 5.16 Å². The second-order valence-corrected chi connectivity index (χ2v) is 9.04. The first-order valence-electron chi connectivity index (χ1n) is 10.3. The maximum absolute atomic E-state index is 12.8. The average Bonchev–Trinajstić information content (AvgIpc) is 2.71. The Balaban J connectivity index is 1.62. The van der Waals surface area contributed by atoms with Crippen molar-refractivity contribution in [1.29, 1.82) is 0 Å². The first-order valence-corrected chi connectivity index (χ1v) is 11.6. The zero-order chi connectivity index (χ0) is 21.7. The van der Waals surface area contributed by atoms with Crippen LogP contribution in [0.1, 0.15) is 43.1 Å². The smallest absolute Gasteiger partial charge is 0.254 e. The molecule has 0 N–H and O–H groups in total. The van der Waals surface area contributed by atoms with E-state index in [0.29, 0.717) is 34.7 Å². The van der Waals surface area contributed by atoms with Crippen LogP contribution < -0.4 is 4.90 Å². The van der Waals surface area contributed by atoms with Gasteiger partial charge < -0.3 is 14.5 Å². The van der Waals surface area contributed by atoms with E-state index in [9.17, 15) is 4.79 Å². The molecule has 1 fully saturated rings. The molecule has 2 atom stereocenters. The second-order valence-electron chi connectivity index (χ2n) is 7.71. The van der Waals surface area contributed by atoms with Gasteiger partial charge in [-0.1, -0.05) is 42.4 Å². The molecule has 1 aromatic carbocycles. The van der Waals surface area contributed by atoms with Gasteiger partial charge in [-0.05, 0) is 38.0 Å². The van der Waals surface area contributed by atoms with Crippen LogP contribution in [0.25, 0.3) is 0 Å². The fraction of sp³-hybridized carbons (Fsp3) is 0.500. The number of carbonyl (C=O) groups is 1. The molecule has 2 aromatic rings. The van der Waals surface area contributed by atoms with E-state index in [4.69, 9.17) is 16.3 Å². The number of halogens is 1. The molecule has 1 aliphatic heterocycles. The standard InChI is InChI=1S/C22H29ClN4O2S/c1-5-10-26(4)20-11-19(23)24-22(25-20)30-14-17-6-8-18(9-7-17)21(28)27-12-15(2)29-16(3)13-27/h6-9,11,15-16H,5,10,12-14H2,1-4H3. The Labute approximate surface area is 188 Å². The Morgan fingerprint density at radius 3 is 2.53 bits per heavy atom. The van der Waals surface area contributed by atoms with Crippen molar-refractivity contribution in [2.75, 3.05) is 31.6 Å². The van der Waals surface area contributed by atoms with Crippen LogP contribution >= 0.6 is 23.4 Å². The first-order chi connectivity index (χ1) is 14.4. The lowest BCUT2D eigenvalue weighted by molar-refractivity contribution is -0.0586. The molecule has 0 bridgehead atoms. The SMILES string of the molecule is CCCN(C)c1cc(Cl)nc(SCc2ccc(C(=O)N3CC(C)OC(C)C3)cc2)n1. The summed E-state index contributed by atoms with van der Waals surface area (Å²) >= 11 is 7.72. The molecule has 1 amide bonds. The van der Waals surface area contributed by atoms with Crippen LogP contribution in [0, 0.1) is 0 Å². The molecule has 0 saturated carbocycles. The number of rotatable bonds is 7. The first kappa shape index (κ1) is 22.8. The fourth-order valence-electron chi connectivity index (χ4n) is 3.51. The molecule has 2 heterocycles. The van der Waals surface area contributed by atoms with E-state index in [0.717, 1.165) is 24.3 Å². The lowest BCUT2D eigenvalue weighted by Gasteiger charge is -2.35. The van der Waals surface area contributed by atoms with Crippen LogP contribution in [0.4, 0.5) is 5.82 Å². The van der Waals surface area contributed by atoms with Crippen molar-refractivity contribution in [1.82, 2.24) is 14.9 Å². The molecule has 1 saturated heterocycles. The number of ether oxygens (including phenoxy) is 1. The predicted molar refractivity (Wildman–Crippen MR) is 123 cm³/mol. The molecular formula is C22H29ClN4O2S. The molecule has 30 heavy (non-hydrogen) atoms. The minimum Gasteiger partial charge on any atom is -0.372 e. The van der Waals surface area contributed by atoms with Gasteiger partial charge in [-0.25, -0.2) is 9.97 Å². The summed E-state index contributed by atoms with van der Waals surface area (Å²) in [5.74, 6) is 1.59. The van der Waals surface area contributed by atoms with Gasteiger partial charge in [0.2, 0.25) is 0 Å². The minimum absolute atomic E-state index is 0.0537. The van der Waals surface area contributed by atoms with Gasteiger partial charge in [-0.3, -0.25) is 4.79 Å². The van der Waals surface area contributed by atoms with Crippen molar-refractivity contribution in [2.24, 2.45) is 0 Å².